The molecule has 3 rings (SSSR count). The first-order valence-electron chi connectivity index (χ1n) is 11.1. The number of hydrogen-bond donors (Lipinski definition) is 2. The zero-order valence-corrected chi connectivity index (χ0v) is 19.4. The van der Waals surface area contributed by atoms with Gasteiger partial charge in [0.05, 0.1) is 31.4 Å². The van der Waals surface area contributed by atoms with Crippen LogP contribution in [0.2, 0.25) is 0 Å². The van der Waals surface area contributed by atoms with Crippen molar-refractivity contribution in [2.75, 3.05) is 31.3 Å². The van der Waals surface area contributed by atoms with Gasteiger partial charge in [0, 0.05) is 18.5 Å². The average molecular weight is 474 g/mol. The maximum absolute atomic E-state index is 14.1. The summed E-state index contributed by atoms with van der Waals surface area (Å²) in [4.78, 5) is 38.9. The Hall–Kier alpha value is -3.82. The lowest BCUT2D eigenvalue weighted by Gasteiger charge is -2.18. The van der Waals surface area contributed by atoms with Gasteiger partial charge in [-0.15, -0.1) is 0 Å². The van der Waals surface area contributed by atoms with Gasteiger partial charge in [-0.2, -0.15) is 0 Å². The summed E-state index contributed by atoms with van der Waals surface area (Å²) in [6, 6.07) is 8.86. The normalized spacial score (nSPS) is 15.1. The highest BCUT2D eigenvalue weighted by Gasteiger charge is 2.36. The second-order valence-corrected chi connectivity index (χ2v) is 7.40. The molecule has 0 aliphatic carbocycles. The Balaban J connectivity index is 1.68. The third-order valence-electron chi connectivity index (χ3n) is 5.11. The van der Waals surface area contributed by atoms with Crippen molar-refractivity contribution in [2.45, 2.75) is 27.2 Å². The summed E-state index contributed by atoms with van der Waals surface area (Å²) >= 11 is 0. The summed E-state index contributed by atoms with van der Waals surface area (Å²) in [5, 5.41) is 0. The number of halogens is 1. The van der Waals surface area contributed by atoms with Crippen molar-refractivity contribution in [1.29, 1.82) is 0 Å². The standard InChI is InChI=1S/C24H28FN3O6/c1-4-32-19-11-15(12-20(33-5-2)22(19)34-6-3)23(30)26-27-24(31)16-13-21(29)28(14-16)18-10-8-7-9-17(18)25/h7-12,16H,4-6,13-14H2,1-3H3,(H,26,30)(H,27,31). The van der Waals surface area contributed by atoms with E-state index in [9.17, 15) is 18.8 Å². The molecule has 2 aromatic rings. The second-order valence-electron chi connectivity index (χ2n) is 7.40. The maximum atomic E-state index is 14.1. The molecule has 0 saturated carbocycles. The van der Waals surface area contributed by atoms with Crippen LogP contribution in [-0.2, 0) is 9.59 Å². The zero-order valence-electron chi connectivity index (χ0n) is 19.4. The number of para-hydroxylation sites is 1. The van der Waals surface area contributed by atoms with Gasteiger partial charge in [0.15, 0.2) is 11.5 Å². The predicted molar refractivity (Wildman–Crippen MR) is 122 cm³/mol. The van der Waals surface area contributed by atoms with Crippen LogP contribution in [0.15, 0.2) is 36.4 Å². The molecule has 0 aromatic heterocycles. The molecular weight excluding hydrogens is 445 g/mol. The Kier molecular flexibility index (Phi) is 8.29. The Bertz CT molecular complexity index is 1030. The Labute approximate surface area is 197 Å². The van der Waals surface area contributed by atoms with Gasteiger partial charge in [-0.3, -0.25) is 25.2 Å². The molecule has 1 aliphatic heterocycles. The van der Waals surface area contributed by atoms with Crippen molar-refractivity contribution in [2.24, 2.45) is 5.92 Å². The van der Waals surface area contributed by atoms with E-state index in [1.54, 1.807) is 19.9 Å². The van der Waals surface area contributed by atoms with E-state index in [0.717, 1.165) is 0 Å². The van der Waals surface area contributed by atoms with E-state index in [1.807, 2.05) is 6.92 Å². The highest BCUT2D eigenvalue weighted by molar-refractivity contribution is 6.01. The predicted octanol–water partition coefficient (Wildman–Crippen LogP) is 2.84. The highest BCUT2D eigenvalue weighted by Crippen LogP contribution is 2.39. The minimum atomic E-state index is -0.745. The number of hydrogen-bond acceptors (Lipinski definition) is 6. The van der Waals surface area contributed by atoms with Crippen molar-refractivity contribution in [3.63, 3.8) is 0 Å². The van der Waals surface area contributed by atoms with E-state index < -0.39 is 23.5 Å². The van der Waals surface area contributed by atoms with Gasteiger partial charge in [0.25, 0.3) is 5.91 Å². The van der Waals surface area contributed by atoms with Crippen LogP contribution in [0.4, 0.5) is 10.1 Å². The summed E-state index contributed by atoms with van der Waals surface area (Å²) in [5.74, 6) is -1.74. The molecular formula is C24H28FN3O6. The first-order valence-corrected chi connectivity index (χ1v) is 11.1. The van der Waals surface area contributed by atoms with E-state index in [4.69, 9.17) is 14.2 Å². The summed E-state index contributed by atoms with van der Waals surface area (Å²) in [6.45, 7) is 6.51. The number of carbonyl (C=O) groups excluding carboxylic acids is 3. The third kappa shape index (κ3) is 5.56. The second kappa shape index (κ2) is 11.4. The molecule has 1 atom stereocenters. The Morgan fingerprint density at radius 2 is 1.62 bits per heavy atom. The Morgan fingerprint density at radius 1 is 1.00 bits per heavy atom. The number of benzene rings is 2. The van der Waals surface area contributed by atoms with Crippen LogP contribution in [0.3, 0.4) is 0 Å². The molecule has 2 N–H and O–H groups in total. The number of rotatable bonds is 9. The molecule has 0 radical (unpaired) electrons. The van der Waals surface area contributed by atoms with Crippen molar-refractivity contribution >= 4 is 23.4 Å². The fraction of sp³-hybridized carbons (Fsp3) is 0.375. The van der Waals surface area contributed by atoms with Crippen LogP contribution in [0.1, 0.15) is 37.6 Å². The molecule has 0 bridgehead atoms. The number of nitrogens with one attached hydrogen (secondary N) is 2. The van der Waals surface area contributed by atoms with E-state index >= 15 is 0 Å². The van der Waals surface area contributed by atoms with E-state index in [0.29, 0.717) is 37.1 Å². The fourth-order valence-corrected chi connectivity index (χ4v) is 3.60. The maximum Gasteiger partial charge on any atom is 0.269 e. The number of carbonyl (C=O) groups is 3. The molecule has 1 fully saturated rings. The molecule has 9 nitrogen and oxygen atoms in total. The minimum absolute atomic E-state index is 0.00744. The van der Waals surface area contributed by atoms with E-state index in [2.05, 4.69) is 10.9 Å². The van der Waals surface area contributed by atoms with Gasteiger partial charge in [0.1, 0.15) is 5.82 Å². The van der Waals surface area contributed by atoms with Gasteiger partial charge < -0.3 is 19.1 Å². The molecule has 2 aromatic carbocycles. The molecule has 3 amide bonds. The SMILES string of the molecule is CCOc1cc(C(=O)NNC(=O)C2CC(=O)N(c3ccccc3F)C2)cc(OCC)c1OCC. The third-order valence-corrected chi connectivity index (χ3v) is 5.11. The first kappa shape index (κ1) is 24.8. The van der Waals surface area contributed by atoms with Crippen LogP contribution in [-0.4, -0.2) is 44.1 Å². The summed E-state index contributed by atoms with van der Waals surface area (Å²) in [6.07, 6.45) is -0.0952. The van der Waals surface area contributed by atoms with Crippen LogP contribution < -0.4 is 30.0 Å². The summed E-state index contributed by atoms with van der Waals surface area (Å²) < 4.78 is 30.9. The smallest absolute Gasteiger partial charge is 0.269 e. The lowest BCUT2D eigenvalue weighted by Crippen LogP contribution is -2.45. The minimum Gasteiger partial charge on any atom is -0.490 e. The molecule has 1 unspecified atom stereocenters. The number of amides is 3. The number of nitrogens with zero attached hydrogens (tertiary/aromatic N) is 1. The van der Waals surface area contributed by atoms with Crippen molar-refractivity contribution < 1.29 is 33.0 Å². The zero-order chi connectivity index (χ0) is 24.7. The molecule has 1 saturated heterocycles. The van der Waals surface area contributed by atoms with Crippen molar-refractivity contribution in [1.82, 2.24) is 10.9 Å². The summed E-state index contributed by atoms with van der Waals surface area (Å²) in [7, 11) is 0. The largest absolute Gasteiger partial charge is 0.490 e. The topological polar surface area (TPSA) is 106 Å². The van der Waals surface area contributed by atoms with Crippen LogP contribution in [0, 0.1) is 11.7 Å². The van der Waals surface area contributed by atoms with Gasteiger partial charge in [0.2, 0.25) is 17.6 Å². The molecule has 1 aliphatic rings. The highest BCUT2D eigenvalue weighted by atomic mass is 19.1. The van der Waals surface area contributed by atoms with Crippen LogP contribution in [0.5, 0.6) is 17.2 Å². The lowest BCUT2D eigenvalue weighted by molar-refractivity contribution is -0.126. The lowest BCUT2D eigenvalue weighted by atomic mass is 10.1. The summed E-state index contributed by atoms with van der Waals surface area (Å²) in [5.41, 5.74) is 5.01. The molecule has 0 spiro atoms. The molecule has 10 heteroatoms. The van der Waals surface area contributed by atoms with Gasteiger partial charge >= 0.3 is 0 Å². The monoisotopic (exact) mass is 473 g/mol. The van der Waals surface area contributed by atoms with Gasteiger partial charge in [-0.1, -0.05) is 12.1 Å². The van der Waals surface area contributed by atoms with Crippen molar-refractivity contribution in [3.05, 3.63) is 47.8 Å². The number of anilines is 1. The Morgan fingerprint density at radius 3 is 2.21 bits per heavy atom. The van der Waals surface area contributed by atoms with Gasteiger partial charge in [-0.25, -0.2) is 4.39 Å². The molecule has 182 valence electrons. The van der Waals surface area contributed by atoms with E-state index in [-0.39, 0.29) is 30.1 Å². The van der Waals surface area contributed by atoms with Crippen molar-refractivity contribution in [3.8, 4) is 17.2 Å². The van der Waals surface area contributed by atoms with Gasteiger partial charge in [-0.05, 0) is 45.0 Å². The molecule has 1 heterocycles. The number of ether oxygens (including phenoxy) is 3. The van der Waals surface area contributed by atoms with Crippen LogP contribution in [0.25, 0.3) is 0 Å². The van der Waals surface area contributed by atoms with Crippen LogP contribution >= 0.6 is 0 Å². The fourth-order valence-electron chi connectivity index (χ4n) is 3.60. The quantitative estimate of drug-likeness (QED) is 0.543. The molecule has 34 heavy (non-hydrogen) atoms. The number of hydrazine groups is 1. The first-order chi connectivity index (χ1) is 16.4. The average Bonchev–Trinajstić information content (AvgIpc) is 3.21. The van der Waals surface area contributed by atoms with E-state index in [1.165, 1.54) is 35.2 Å².